The largest absolute Gasteiger partial charge is 0.492 e. The molecule has 0 saturated carbocycles. The summed E-state index contributed by atoms with van der Waals surface area (Å²) < 4.78 is 18.7. The van der Waals surface area contributed by atoms with Gasteiger partial charge in [-0.1, -0.05) is 24.3 Å². The lowest BCUT2D eigenvalue weighted by Crippen LogP contribution is -2.20. The maximum Gasteiger partial charge on any atom is 0.123 e. The summed E-state index contributed by atoms with van der Waals surface area (Å²) in [5.41, 5.74) is 4.21. The van der Waals surface area contributed by atoms with Crippen LogP contribution < -0.4 is 10.1 Å². The highest BCUT2D eigenvalue weighted by Gasteiger charge is 2.01. The molecule has 0 amide bonds. The Balaban J connectivity index is 1.48. The van der Waals surface area contributed by atoms with Crippen LogP contribution in [-0.4, -0.2) is 18.1 Å². The molecule has 0 spiro atoms. The molecule has 0 aliphatic carbocycles. The predicted molar refractivity (Wildman–Crippen MR) is 98.0 cm³/mol. The normalized spacial score (nSPS) is 10.6. The number of nitrogens with one attached hydrogen (secondary N) is 1. The lowest BCUT2D eigenvalue weighted by atomic mass is 10.1. The minimum Gasteiger partial charge on any atom is -0.492 e. The first-order valence-corrected chi connectivity index (χ1v) is 8.31. The van der Waals surface area contributed by atoms with Crippen LogP contribution in [0.3, 0.4) is 0 Å². The van der Waals surface area contributed by atoms with Gasteiger partial charge >= 0.3 is 0 Å². The van der Waals surface area contributed by atoms with Crippen molar-refractivity contribution in [2.45, 2.75) is 13.5 Å². The molecule has 0 fully saturated rings. The van der Waals surface area contributed by atoms with Gasteiger partial charge < -0.3 is 10.1 Å². The van der Waals surface area contributed by atoms with Crippen molar-refractivity contribution in [1.82, 2.24) is 10.3 Å². The van der Waals surface area contributed by atoms with E-state index in [1.165, 1.54) is 17.7 Å². The number of rotatable bonds is 7. The van der Waals surface area contributed by atoms with Crippen molar-refractivity contribution >= 4 is 0 Å². The van der Waals surface area contributed by atoms with Crippen molar-refractivity contribution in [1.29, 1.82) is 0 Å². The predicted octanol–water partition coefficient (Wildman–Crippen LogP) is 4.36. The van der Waals surface area contributed by atoms with Crippen LogP contribution in [0.15, 0.2) is 67.0 Å². The number of aromatic nitrogens is 1. The number of benzene rings is 2. The van der Waals surface area contributed by atoms with Crippen molar-refractivity contribution < 1.29 is 9.13 Å². The van der Waals surface area contributed by atoms with Gasteiger partial charge in [-0.25, -0.2) is 4.39 Å². The van der Waals surface area contributed by atoms with Crippen molar-refractivity contribution in [2.24, 2.45) is 0 Å². The number of hydrogen-bond donors (Lipinski definition) is 1. The molecule has 0 saturated heterocycles. The second kappa shape index (κ2) is 8.40. The monoisotopic (exact) mass is 336 g/mol. The Kier molecular flexibility index (Phi) is 5.75. The van der Waals surface area contributed by atoms with E-state index in [1.54, 1.807) is 18.3 Å². The zero-order chi connectivity index (χ0) is 17.5. The summed E-state index contributed by atoms with van der Waals surface area (Å²) in [6.07, 6.45) is 3.62. The van der Waals surface area contributed by atoms with Gasteiger partial charge in [-0.05, 0) is 53.9 Å². The fraction of sp³-hybridized carbons (Fsp3) is 0.190. The Hall–Kier alpha value is -2.72. The van der Waals surface area contributed by atoms with Gasteiger partial charge in [0.25, 0.3) is 0 Å². The highest BCUT2D eigenvalue weighted by atomic mass is 19.1. The van der Waals surface area contributed by atoms with Crippen LogP contribution in [0.25, 0.3) is 11.1 Å². The molecule has 0 aliphatic rings. The summed E-state index contributed by atoms with van der Waals surface area (Å²) in [7, 11) is 0. The van der Waals surface area contributed by atoms with E-state index in [1.807, 2.05) is 37.4 Å². The smallest absolute Gasteiger partial charge is 0.123 e. The molecule has 1 heterocycles. The highest BCUT2D eigenvalue weighted by Crippen LogP contribution is 2.19. The van der Waals surface area contributed by atoms with Crippen LogP contribution >= 0.6 is 0 Å². The van der Waals surface area contributed by atoms with Crippen molar-refractivity contribution in [3.8, 4) is 16.9 Å². The van der Waals surface area contributed by atoms with Crippen molar-refractivity contribution in [2.75, 3.05) is 13.2 Å². The van der Waals surface area contributed by atoms with Crippen LogP contribution in [0.1, 0.15) is 11.1 Å². The van der Waals surface area contributed by atoms with Gasteiger partial charge in [0.1, 0.15) is 18.2 Å². The molecule has 3 nitrogen and oxygen atoms in total. The van der Waals surface area contributed by atoms with Gasteiger partial charge in [0.05, 0.1) is 0 Å². The van der Waals surface area contributed by atoms with E-state index in [2.05, 4.69) is 16.4 Å². The molecule has 1 N–H and O–H groups in total. The first kappa shape index (κ1) is 17.1. The van der Waals surface area contributed by atoms with Gasteiger partial charge in [0, 0.05) is 31.0 Å². The summed E-state index contributed by atoms with van der Waals surface area (Å²) in [5, 5.41) is 3.35. The first-order valence-electron chi connectivity index (χ1n) is 8.31. The SMILES string of the molecule is Cc1cccc(OCCNCc2cncc(-c3ccc(F)cc3)c2)c1. The number of hydrogen-bond acceptors (Lipinski definition) is 3. The topological polar surface area (TPSA) is 34.1 Å². The molecule has 4 heteroatoms. The van der Waals surface area contributed by atoms with E-state index in [9.17, 15) is 4.39 Å². The number of nitrogens with zero attached hydrogens (tertiary/aromatic N) is 1. The number of pyridine rings is 1. The molecular formula is C21H21FN2O. The molecule has 2 aromatic carbocycles. The third-order valence-corrected chi connectivity index (χ3v) is 3.84. The Morgan fingerprint density at radius 1 is 1.00 bits per heavy atom. The second-order valence-electron chi connectivity index (χ2n) is 5.93. The molecule has 128 valence electrons. The molecule has 0 radical (unpaired) electrons. The van der Waals surface area contributed by atoms with Gasteiger partial charge in [-0.2, -0.15) is 0 Å². The quantitative estimate of drug-likeness (QED) is 0.651. The molecule has 0 bridgehead atoms. The standard InChI is InChI=1S/C21H21FN2O/c1-16-3-2-4-21(11-16)25-10-9-23-13-17-12-19(15-24-14-17)18-5-7-20(22)8-6-18/h2-8,11-12,14-15,23H,9-10,13H2,1H3. The molecule has 3 aromatic rings. The molecule has 1 aromatic heterocycles. The maximum absolute atomic E-state index is 13.0. The average Bonchev–Trinajstić information content (AvgIpc) is 2.62. The average molecular weight is 336 g/mol. The minimum absolute atomic E-state index is 0.233. The second-order valence-corrected chi connectivity index (χ2v) is 5.93. The number of ether oxygens (including phenoxy) is 1. The van der Waals surface area contributed by atoms with Crippen LogP contribution in [0, 0.1) is 12.7 Å². The molecule has 0 aliphatic heterocycles. The van der Waals surface area contributed by atoms with E-state index in [4.69, 9.17) is 4.74 Å². The van der Waals surface area contributed by atoms with Gasteiger partial charge in [-0.3, -0.25) is 4.98 Å². The molecule has 25 heavy (non-hydrogen) atoms. The number of aryl methyl sites for hydroxylation is 1. The maximum atomic E-state index is 13.0. The Labute approximate surface area is 147 Å². The van der Waals surface area contributed by atoms with E-state index < -0.39 is 0 Å². The van der Waals surface area contributed by atoms with Crippen molar-refractivity contribution in [3.63, 3.8) is 0 Å². The zero-order valence-corrected chi connectivity index (χ0v) is 14.2. The van der Waals surface area contributed by atoms with Gasteiger partial charge in [0.2, 0.25) is 0 Å². The van der Waals surface area contributed by atoms with Crippen LogP contribution in [0.5, 0.6) is 5.75 Å². The van der Waals surface area contributed by atoms with Gasteiger partial charge in [0.15, 0.2) is 0 Å². The fourth-order valence-corrected chi connectivity index (χ4v) is 2.56. The van der Waals surface area contributed by atoms with E-state index in [-0.39, 0.29) is 5.82 Å². The Bertz CT molecular complexity index is 818. The summed E-state index contributed by atoms with van der Waals surface area (Å²) in [5.74, 6) is 0.657. The third-order valence-electron chi connectivity index (χ3n) is 3.84. The minimum atomic E-state index is -0.233. The molecule has 0 unspecified atom stereocenters. The summed E-state index contributed by atoms with van der Waals surface area (Å²) >= 11 is 0. The molecule has 0 atom stereocenters. The fourth-order valence-electron chi connectivity index (χ4n) is 2.56. The molecular weight excluding hydrogens is 315 g/mol. The summed E-state index contributed by atoms with van der Waals surface area (Å²) in [4.78, 5) is 4.27. The van der Waals surface area contributed by atoms with Crippen molar-refractivity contribution in [3.05, 3.63) is 83.9 Å². The highest BCUT2D eigenvalue weighted by molar-refractivity contribution is 5.62. The lowest BCUT2D eigenvalue weighted by molar-refractivity contribution is 0.313. The Morgan fingerprint density at radius 3 is 2.64 bits per heavy atom. The van der Waals surface area contributed by atoms with E-state index >= 15 is 0 Å². The van der Waals surface area contributed by atoms with Crippen LogP contribution in [-0.2, 0) is 6.54 Å². The van der Waals surface area contributed by atoms with E-state index in [0.29, 0.717) is 13.2 Å². The summed E-state index contributed by atoms with van der Waals surface area (Å²) in [6, 6.07) is 16.5. The lowest BCUT2D eigenvalue weighted by Gasteiger charge is -2.09. The van der Waals surface area contributed by atoms with E-state index in [0.717, 1.165) is 29.0 Å². The Morgan fingerprint density at radius 2 is 1.84 bits per heavy atom. The van der Waals surface area contributed by atoms with Crippen LogP contribution in [0.4, 0.5) is 4.39 Å². The summed E-state index contributed by atoms with van der Waals surface area (Å²) in [6.45, 7) is 4.11. The number of halogens is 1. The molecule has 3 rings (SSSR count). The first-order chi connectivity index (χ1) is 12.2. The van der Waals surface area contributed by atoms with Gasteiger partial charge in [-0.15, -0.1) is 0 Å². The third kappa shape index (κ3) is 5.13. The zero-order valence-electron chi connectivity index (χ0n) is 14.2. The van der Waals surface area contributed by atoms with Crippen LogP contribution in [0.2, 0.25) is 0 Å².